The number of H-pyrrole nitrogens is 1. The molecule has 0 saturated carbocycles. The topological polar surface area (TPSA) is 43.2 Å². The van der Waals surface area contributed by atoms with Crippen LogP contribution in [0.15, 0.2) is 12.3 Å². The van der Waals surface area contributed by atoms with Crippen molar-refractivity contribution in [3.8, 4) is 6.07 Å². The first-order valence-electron chi connectivity index (χ1n) is 2.26. The highest BCUT2D eigenvalue weighted by atomic mass is 35.5. The Hall–Kier alpha value is -1.14. The van der Waals surface area contributed by atoms with Gasteiger partial charge in [-0.1, -0.05) is 11.6 Å². The number of nitrogens with one attached hydrogen (secondary N) is 1. The highest BCUT2D eigenvalue weighted by molar-refractivity contribution is 6.31. The van der Waals surface area contributed by atoms with Crippen LogP contribution in [-0.4, -0.2) is 4.98 Å². The largest absolute Gasteiger partial charge is 0.498 e. The van der Waals surface area contributed by atoms with Crippen molar-refractivity contribution < 1.29 is 0 Å². The molecular formula is C5H3ClN2O. The lowest BCUT2D eigenvalue weighted by atomic mass is 10.5. The van der Waals surface area contributed by atoms with Gasteiger partial charge in [0.1, 0.15) is 0 Å². The molecule has 0 saturated heterocycles. The Labute approximate surface area is 56.7 Å². The van der Waals surface area contributed by atoms with E-state index in [-0.39, 0.29) is 0 Å². The molecular weight excluding hydrogens is 140 g/mol. The molecule has 0 atom stereocenters. The van der Waals surface area contributed by atoms with Crippen molar-refractivity contribution in [2.24, 2.45) is 0 Å². The van der Waals surface area contributed by atoms with Crippen LogP contribution >= 0.6 is 11.6 Å². The highest BCUT2D eigenvalue weighted by Crippen LogP contribution is 2.11. The molecule has 1 heterocycles. The molecule has 0 aliphatic rings. The number of aromatic amines is 1. The van der Waals surface area contributed by atoms with Crippen molar-refractivity contribution in [1.82, 2.24) is 4.98 Å². The van der Waals surface area contributed by atoms with Gasteiger partial charge in [0.15, 0.2) is 5.69 Å². The molecule has 1 N–H and O–H groups in total. The van der Waals surface area contributed by atoms with E-state index in [9.17, 15) is 5.21 Å². The summed E-state index contributed by atoms with van der Waals surface area (Å²) in [5.41, 5.74) is 0.423. The fourth-order valence-electron chi connectivity index (χ4n) is 0.482. The molecule has 0 bridgehead atoms. The summed E-state index contributed by atoms with van der Waals surface area (Å²) in [7, 11) is 0. The molecule has 1 aromatic rings. The van der Waals surface area contributed by atoms with Crippen LogP contribution in [0.4, 0.5) is 0 Å². The summed E-state index contributed by atoms with van der Waals surface area (Å²) in [6.45, 7) is 0. The molecule has 0 radical (unpaired) electrons. The first kappa shape index (κ1) is 5.99. The van der Waals surface area contributed by atoms with Gasteiger partial charge < -0.3 is 10.2 Å². The smallest absolute Gasteiger partial charge is 0.356 e. The molecule has 1 rings (SSSR count). The fourth-order valence-corrected chi connectivity index (χ4v) is 0.642. The Kier molecular flexibility index (Phi) is 1.61. The lowest BCUT2D eigenvalue weighted by molar-refractivity contribution is 1.37. The highest BCUT2D eigenvalue weighted by Gasteiger charge is 2.00. The van der Waals surface area contributed by atoms with E-state index in [0.29, 0.717) is 10.7 Å². The summed E-state index contributed by atoms with van der Waals surface area (Å²) in [6.07, 6.45) is 1.61. The molecule has 1 aromatic heterocycles. The number of rotatable bonds is 0. The van der Waals surface area contributed by atoms with Gasteiger partial charge in [0.2, 0.25) is 0 Å². The zero-order valence-corrected chi connectivity index (χ0v) is 5.14. The Morgan fingerprint density at radius 1 is 1.78 bits per heavy atom. The second-order valence-electron chi connectivity index (χ2n) is 1.40. The van der Waals surface area contributed by atoms with Crippen molar-refractivity contribution in [2.75, 3.05) is 0 Å². The van der Waals surface area contributed by atoms with Gasteiger partial charge in [-0.05, 0) is 6.07 Å². The van der Waals surface area contributed by atoms with Crippen LogP contribution in [0, 0.1) is 11.3 Å². The lowest BCUT2D eigenvalue weighted by Crippen LogP contribution is -1.68. The number of hydrogen-bond acceptors (Lipinski definition) is 1. The van der Waals surface area contributed by atoms with E-state index in [2.05, 4.69) is 16.1 Å². The first-order chi connectivity index (χ1) is 4.34. The fraction of sp³-hybridized carbons (Fsp3) is 0. The average Bonchev–Trinajstić information content (AvgIpc) is 2.18. The molecule has 0 spiro atoms. The monoisotopic (exact) mass is 142 g/mol. The van der Waals surface area contributed by atoms with Crippen LogP contribution in [0.3, 0.4) is 0 Å². The van der Waals surface area contributed by atoms with Gasteiger partial charge in [-0.2, -0.15) is 0 Å². The molecule has 4 heteroatoms. The van der Waals surface area contributed by atoms with Gasteiger partial charge in [-0.15, -0.1) is 0 Å². The van der Waals surface area contributed by atoms with Crippen molar-refractivity contribution in [3.63, 3.8) is 0 Å². The van der Waals surface area contributed by atoms with Gasteiger partial charge in [0.25, 0.3) is 0 Å². The third-order valence-corrected chi connectivity index (χ3v) is 1.17. The molecule has 0 aromatic carbocycles. The third kappa shape index (κ3) is 1.15. The van der Waals surface area contributed by atoms with Gasteiger partial charge in [0.05, 0.1) is 5.02 Å². The zero-order valence-electron chi connectivity index (χ0n) is 4.39. The summed E-state index contributed by atoms with van der Waals surface area (Å²) in [5.74, 6) is 0. The first-order valence-corrected chi connectivity index (χ1v) is 2.63. The molecule has 0 aliphatic heterocycles. The minimum absolute atomic E-state index is 0.423. The lowest BCUT2D eigenvalue weighted by Gasteiger charge is -1.72. The zero-order chi connectivity index (χ0) is 6.69. The van der Waals surface area contributed by atoms with E-state index in [0.717, 1.165) is 0 Å². The number of hydrogen-bond donors (Lipinski definition) is 1. The summed E-state index contributed by atoms with van der Waals surface area (Å²) in [4.78, 5) is 2.67. The standard InChI is InChI=1S/C5H3ClN2O/c6-4-1-2-7-5(4)3-8-9/h1-2,7H. The predicted octanol–water partition coefficient (Wildman–Crippen LogP) is 1.85. The molecule has 0 fully saturated rings. The predicted molar refractivity (Wildman–Crippen MR) is 35.5 cm³/mol. The molecule has 46 valence electrons. The molecule has 0 unspecified atom stereocenters. The molecule has 0 aliphatic carbocycles. The van der Waals surface area contributed by atoms with Crippen LogP contribution in [0.5, 0.6) is 0 Å². The van der Waals surface area contributed by atoms with E-state index < -0.39 is 0 Å². The number of halogens is 1. The number of nitrogens with zero attached hydrogens (tertiary/aromatic N) is 1. The van der Waals surface area contributed by atoms with E-state index in [1.165, 1.54) is 0 Å². The van der Waals surface area contributed by atoms with Crippen LogP contribution in [0.1, 0.15) is 5.69 Å². The van der Waals surface area contributed by atoms with Crippen molar-refractivity contribution >= 4 is 11.6 Å². The van der Waals surface area contributed by atoms with Crippen molar-refractivity contribution in [3.05, 3.63) is 33.2 Å². The summed E-state index contributed by atoms with van der Waals surface area (Å²) < 4.78 is 0. The van der Waals surface area contributed by atoms with E-state index in [1.807, 2.05) is 0 Å². The normalized spacial score (nSPS) is 8.11. The van der Waals surface area contributed by atoms with E-state index in [4.69, 9.17) is 11.6 Å². The van der Waals surface area contributed by atoms with Gasteiger partial charge in [-0.3, -0.25) is 0 Å². The number of aromatic nitrogens is 1. The van der Waals surface area contributed by atoms with Crippen molar-refractivity contribution in [2.45, 2.75) is 0 Å². The van der Waals surface area contributed by atoms with Gasteiger partial charge in [0, 0.05) is 11.2 Å². The second kappa shape index (κ2) is 2.42. The summed E-state index contributed by atoms with van der Waals surface area (Å²) in [6, 6.07) is 3.76. The Morgan fingerprint density at radius 3 is 3.00 bits per heavy atom. The molecule has 3 nitrogen and oxygen atoms in total. The molecule has 0 amide bonds. The summed E-state index contributed by atoms with van der Waals surface area (Å²) >= 11 is 5.53. The average molecular weight is 143 g/mol. The van der Waals surface area contributed by atoms with E-state index >= 15 is 0 Å². The van der Waals surface area contributed by atoms with Crippen LogP contribution in [0.2, 0.25) is 5.02 Å². The van der Waals surface area contributed by atoms with Crippen LogP contribution in [0.25, 0.3) is 5.01 Å². The van der Waals surface area contributed by atoms with Gasteiger partial charge >= 0.3 is 6.07 Å². The van der Waals surface area contributed by atoms with Crippen molar-refractivity contribution in [1.29, 1.82) is 0 Å². The Bertz CT molecular complexity index is 257. The third-order valence-electron chi connectivity index (χ3n) is 0.854. The summed E-state index contributed by atoms with van der Waals surface area (Å²) in [5, 5.41) is 12.5. The maximum atomic E-state index is 9.58. The minimum Gasteiger partial charge on any atom is -0.498 e. The van der Waals surface area contributed by atoms with E-state index in [1.54, 1.807) is 12.3 Å². The maximum Gasteiger partial charge on any atom is 0.356 e. The minimum atomic E-state index is 0.423. The maximum absolute atomic E-state index is 9.58. The van der Waals surface area contributed by atoms with Crippen LogP contribution in [-0.2, 0) is 0 Å². The molecule has 9 heavy (non-hydrogen) atoms. The quantitative estimate of drug-likeness (QED) is 0.552. The SMILES string of the molecule is [O-][N+]#Cc1[nH]ccc1Cl. The van der Waals surface area contributed by atoms with Crippen LogP contribution < -0.4 is 0 Å². The Morgan fingerprint density at radius 2 is 2.56 bits per heavy atom. The van der Waals surface area contributed by atoms with Gasteiger partial charge in [-0.25, -0.2) is 0 Å². The second-order valence-corrected chi connectivity index (χ2v) is 1.81. The Balaban J connectivity index is 3.03.